The average Bonchev–Trinajstić information content (AvgIpc) is 4.12. The topological polar surface area (TPSA) is 26.6 Å². The number of hydrogen-bond donors (Lipinski definition) is 0. The maximum atomic E-state index is 5.99. The highest BCUT2D eigenvalue weighted by atomic mass is 15.0. The molecule has 0 fully saturated rings. The van der Waals surface area contributed by atoms with Crippen molar-refractivity contribution in [3.05, 3.63) is 181 Å². The molecule has 67 heavy (non-hydrogen) atoms. The van der Waals surface area contributed by atoms with Crippen molar-refractivity contribution in [1.29, 1.82) is 0 Å². The van der Waals surface area contributed by atoms with Crippen LogP contribution in [0.4, 0.5) is 0 Å². The zero-order valence-corrected chi connectivity index (χ0v) is 38.5. The normalized spacial score (nSPS) is 13.2. The second-order valence-corrected chi connectivity index (χ2v) is 21.2. The van der Waals surface area contributed by atoms with Gasteiger partial charge in [-0.2, -0.15) is 0 Å². The fourth-order valence-electron chi connectivity index (χ4n) is 12.1. The van der Waals surface area contributed by atoms with Gasteiger partial charge in [0.25, 0.3) is 0 Å². The molecule has 0 saturated heterocycles. The van der Waals surface area contributed by atoms with E-state index >= 15 is 0 Å². The molecule has 0 N–H and O–H groups in total. The Labute approximate surface area is 386 Å². The summed E-state index contributed by atoms with van der Waals surface area (Å²) in [6, 6.07) is 64.0. The summed E-state index contributed by atoms with van der Waals surface area (Å²) in [6.45, 7) is 14.0. The maximum Gasteiger partial charge on any atom is 0.146 e. The van der Waals surface area contributed by atoms with Gasteiger partial charge in [-0.15, -0.1) is 0 Å². The van der Waals surface area contributed by atoms with E-state index in [1.165, 1.54) is 125 Å². The first-order valence-electron chi connectivity index (χ1n) is 23.7. The van der Waals surface area contributed by atoms with E-state index in [4.69, 9.17) is 4.98 Å². The van der Waals surface area contributed by atoms with Crippen LogP contribution in [0.5, 0.6) is 0 Å². The van der Waals surface area contributed by atoms with E-state index in [9.17, 15) is 0 Å². The lowest BCUT2D eigenvalue weighted by Gasteiger charge is -2.19. The van der Waals surface area contributed by atoms with Crippen LogP contribution in [-0.4, -0.2) is 18.4 Å². The molecule has 0 amide bonds. The monoisotopic (exact) mass is 858 g/mol. The highest BCUT2D eigenvalue weighted by molar-refractivity contribution is 6.31. The van der Waals surface area contributed by atoms with Gasteiger partial charge in [-0.1, -0.05) is 145 Å². The number of rotatable bonds is 2. The summed E-state index contributed by atoms with van der Waals surface area (Å²) in [5.41, 5.74) is 16.7. The number of nitrogens with zero attached hydrogens (tertiary/aromatic N) is 4. The lowest BCUT2D eigenvalue weighted by molar-refractivity contribution is 0.591. The lowest BCUT2D eigenvalue weighted by Crippen LogP contribution is -2.10. The van der Waals surface area contributed by atoms with Gasteiger partial charge in [0.2, 0.25) is 0 Å². The minimum absolute atomic E-state index is 0.0533. The molecule has 0 unspecified atom stereocenters. The first kappa shape index (κ1) is 37.3. The van der Waals surface area contributed by atoms with Crippen molar-refractivity contribution in [3.63, 3.8) is 0 Å². The van der Waals surface area contributed by atoms with Crippen molar-refractivity contribution in [2.24, 2.45) is 0 Å². The van der Waals surface area contributed by atoms with Gasteiger partial charge in [0, 0.05) is 65.1 Å². The van der Waals surface area contributed by atoms with Crippen molar-refractivity contribution in [2.75, 3.05) is 0 Å². The summed E-state index contributed by atoms with van der Waals surface area (Å²) in [5, 5.41) is 16.3. The van der Waals surface area contributed by atoms with E-state index in [0.29, 0.717) is 0 Å². The third-order valence-electron chi connectivity index (χ3n) is 15.3. The predicted molar refractivity (Wildman–Crippen MR) is 286 cm³/mol. The standard InChI is InChI=1S/C63H46N4/c1-62(2,3)38-31-48-46-28-36-17-11-12-20-41(36)55(37-25-27-53-45(29-37)43-22-14-15-23-52(43)65(53)40-18-8-7-9-19-40)60(46)67-58(48)49(32-38)50-34-54-56(64-61(50)67)51-33-39(63(4,5)6)30-47-44-26-24-35-16-10-13-21-42(35)57(44)66(54)59(47)51/h7-34H,1-6H3. The number of aromatic nitrogens is 4. The van der Waals surface area contributed by atoms with E-state index in [-0.39, 0.29) is 10.8 Å². The summed E-state index contributed by atoms with van der Waals surface area (Å²) in [7, 11) is 0. The van der Waals surface area contributed by atoms with E-state index in [2.05, 4.69) is 225 Å². The minimum atomic E-state index is -0.0784. The van der Waals surface area contributed by atoms with Crippen molar-refractivity contribution in [1.82, 2.24) is 18.4 Å². The number of hydrogen-bond acceptors (Lipinski definition) is 1. The second kappa shape index (κ2) is 12.5. The Morgan fingerprint density at radius 2 is 0.940 bits per heavy atom. The van der Waals surface area contributed by atoms with Gasteiger partial charge < -0.3 is 8.97 Å². The Kier molecular flexibility index (Phi) is 6.94. The summed E-state index contributed by atoms with van der Waals surface area (Å²) >= 11 is 0. The van der Waals surface area contributed by atoms with Gasteiger partial charge >= 0.3 is 0 Å². The summed E-state index contributed by atoms with van der Waals surface area (Å²) in [6.07, 6.45) is 0. The SMILES string of the molecule is CC(C)(C)c1cc2c3cc4c(nc3n3c5c(-c6ccc7c(c6)c6ccccc6n7-c6ccccc6)c6ccccc6cc5c(c1)c23)c1cc(C(C)(C)C)cc2c3ccc5ccccc5c3n4c21. The first-order chi connectivity index (χ1) is 32.5. The van der Waals surface area contributed by atoms with Gasteiger partial charge in [-0.3, -0.25) is 4.40 Å². The Balaban J connectivity index is 1.14. The highest BCUT2D eigenvalue weighted by Gasteiger charge is 2.29. The van der Waals surface area contributed by atoms with Crippen LogP contribution in [0.3, 0.4) is 0 Å². The van der Waals surface area contributed by atoms with Gasteiger partial charge in [-0.05, 0) is 110 Å². The summed E-state index contributed by atoms with van der Waals surface area (Å²) < 4.78 is 7.51. The molecule has 318 valence electrons. The fourth-order valence-corrected chi connectivity index (χ4v) is 12.1. The number of fused-ring (bicyclic) bond motifs is 18. The van der Waals surface area contributed by atoms with Gasteiger partial charge in [0.15, 0.2) is 0 Å². The van der Waals surface area contributed by atoms with Gasteiger partial charge in [-0.25, -0.2) is 4.98 Å². The van der Waals surface area contributed by atoms with E-state index in [1.807, 2.05) is 0 Å². The van der Waals surface area contributed by atoms with Crippen LogP contribution >= 0.6 is 0 Å². The quantitative estimate of drug-likeness (QED) is 0.170. The van der Waals surface area contributed by atoms with E-state index in [1.54, 1.807) is 0 Å². The average molecular weight is 859 g/mol. The van der Waals surface area contributed by atoms with Crippen molar-refractivity contribution in [3.8, 4) is 16.8 Å². The summed E-state index contributed by atoms with van der Waals surface area (Å²) in [4.78, 5) is 5.99. The Morgan fingerprint density at radius 3 is 1.70 bits per heavy atom. The number of para-hydroxylation sites is 2. The number of benzene rings is 9. The van der Waals surface area contributed by atoms with Crippen molar-refractivity contribution >= 4 is 120 Å². The molecular formula is C63H46N4. The maximum absolute atomic E-state index is 5.99. The molecule has 0 bridgehead atoms. The third-order valence-corrected chi connectivity index (χ3v) is 15.3. The Bertz CT molecular complexity index is 4620. The molecular weight excluding hydrogens is 813 g/mol. The van der Waals surface area contributed by atoms with Gasteiger partial charge in [0.05, 0.1) is 44.1 Å². The molecule has 0 aliphatic rings. The van der Waals surface area contributed by atoms with E-state index < -0.39 is 0 Å². The molecule has 4 nitrogen and oxygen atoms in total. The largest absolute Gasteiger partial charge is 0.309 e. The van der Waals surface area contributed by atoms with Crippen LogP contribution in [0.25, 0.3) is 137 Å². The zero-order chi connectivity index (χ0) is 44.8. The van der Waals surface area contributed by atoms with Crippen LogP contribution in [0, 0.1) is 0 Å². The molecule has 0 aliphatic heterocycles. The van der Waals surface area contributed by atoms with Crippen LogP contribution in [0.15, 0.2) is 170 Å². The molecule has 9 aromatic carbocycles. The minimum Gasteiger partial charge on any atom is -0.309 e. The lowest BCUT2D eigenvalue weighted by atomic mass is 9.85. The molecule has 0 saturated carbocycles. The van der Waals surface area contributed by atoms with Crippen LogP contribution < -0.4 is 0 Å². The van der Waals surface area contributed by atoms with Crippen LogP contribution in [0.1, 0.15) is 52.7 Å². The van der Waals surface area contributed by atoms with Crippen LogP contribution in [0.2, 0.25) is 0 Å². The fraction of sp³-hybridized carbons (Fsp3) is 0.127. The van der Waals surface area contributed by atoms with Crippen molar-refractivity contribution in [2.45, 2.75) is 52.4 Å². The highest BCUT2D eigenvalue weighted by Crippen LogP contribution is 2.50. The molecule has 6 heterocycles. The molecule has 15 rings (SSSR count). The zero-order valence-electron chi connectivity index (χ0n) is 38.5. The second-order valence-electron chi connectivity index (χ2n) is 21.2. The molecule has 6 aromatic heterocycles. The first-order valence-corrected chi connectivity index (χ1v) is 23.7. The molecule has 0 spiro atoms. The Morgan fingerprint density at radius 1 is 0.358 bits per heavy atom. The molecule has 0 atom stereocenters. The van der Waals surface area contributed by atoms with E-state index in [0.717, 1.165) is 22.4 Å². The van der Waals surface area contributed by atoms with Crippen molar-refractivity contribution < 1.29 is 0 Å². The molecule has 15 aromatic rings. The molecule has 0 aliphatic carbocycles. The van der Waals surface area contributed by atoms with Gasteiger partial charge in [0.1, 0.15) is 5.65 Å². The smallest absolute Gasteiger partial charge is 0.146 e. The molecule has 4 heteroatoms. The third kappa shape index (κ3) is 4.79. The predicted octanol–water partition coefficient (Wildman–Crippen LogP) is 17.0. The summed E-state index contributed by atoms with van der Waals surface area (Å²) in [5.74, 6) is 0. The Hall–Kier alpha value is -7.95. The number of pyridine rings is 1. The van der Waals surface area contributed by atoms with Crippen LogP contribution in [-0.2, 0) is 10.8 Å². The molecule has 0 radical (unpaired) electrons.